The molecular weight excluding hydrogens is 328 g/mol. The molecule has 1 fully saturated rings. The molecule has 0 unspecified atom stereocenters. The van der Waals surface area contributed by atoms with Gasteiger partial charge in [-0.3, -0.25) is 0 Å². The second-order valence-corrected chi connectivity index (χ2v) is 7.38. The van der Waals surface area contributed by atoms with Gasteiger partial charge >= 0.3 is 0 Å². The summed E-state index contributed by atoms with van der Waals surface area (Å²) in [6.07, 6.45) is 8.67. The van der Waals surface area contributed by atoms with Gasteiger partial charge in [-0.15, -0.1) is 0 Å². The normalized spacial score (nSPS) is 19.5. The molecule has 2 aromatic carbocycles. The highest BCUT2D eigenvalue weighted by Crippen LogP contribution is 2.28. The topological polar surface area (TPSA) is 12.0 Å². The summed E-state index contributed by atoms with van der Waals surface area (Å²) in [5, 5.41) is 5.02. The van der Waals surface area contributed by atoms with E-state index in [0.29, 0.717) is 6.42 Å². The first-order chi connectivity index (χ1) is 12.6. The number of nitrogens with one attached hydrogen (secondary N) is 1. The Morgan fingerprint density at radius 3 is 2.35 bits per heavy atom. The molecule has 0 bridgehead atoms. The van der Waals surface area contributed by atoms with Crippen molar-refractivity contribution in [1.82, 2.24) is 5.32 Å². The minimum Gasteiger partial charge on any atom is -0.317 e. The zero-order valence-corrected chi connectivity index (χ0v) is 15.0. The van der Waals surface area contributed by atoms with E-state index in [2.05, 4.69) is 29.6 Å². The first-order valence-corrected chi connectivity index (χ1v) is 9.66. The van der Waals surface area contributed by atoms with Crippen LogP contribution in [0.4, 0.5) is 8.78 Å². The van der Waals surface area contributed by atoms with Gasteiger partial charge in [0.25, 0.3) is 5.92 Å². The number of aryl methyl sites for hydroxylation is 1. The largest absolute Gasteiger partial charge is 0.317 e. The lowest BCUT2D eigenvalue weighted by Crippen LogP contribution is -2.38. The van der Waals surface area contributed by atoms with Crippen molar-refractivity contribution < 1.29 is 8.78 Å². The maximum absolute atomic E-state index is 13.7. The zero-order chi connectivity index (χ0) is 18.0. The van der Waals surface area contributed by atoms with E-state index in [1.807, 2.05) is 18.2 Å². The highest BCUT2D eigenvalue weighted by molar-refractivity contribution is 5.74. The van der Waals surface area contributed by atoms with Gasteiger partial charge in [-0.05, 0) is 77.5 Å². The molecule has 1 aliphatic heterocycles. The van der Waals surface area contributed by atoms with Gasteiger partial charge in [0, 0.05) is 6.42 Å². The van der Waals surface area contributed by atoms with E-state index < -0.39 is 5.92 Å². The number of hydrogen-bond acceptors (Lipinski definition) is 1. The number of hydrogen-bond donors (Lipinski definition) is 1. The summed E-state index contributed by atoms with van der Waals surface area (Å²) in [5.74, 6) is -2.67. The summed E-state index contributed by atoms with van der Waals surface area (Å²) >= 11 is 0. The molecule has 0 aromatic heterocycles. The summed E-state index contributed by atoms with van der Waals surface area (Å²) in [4.78, 5) is 0. The SMILES string of the molecule is C1CCNCC1.FC1(F)C=c2c(ccc3c2=CCc2ccccc2-3)CC1. The number of fused-ring (bicyclic) bond motifs is 5. The van der Waals surface area contributed by atoms with Crippen LogP contribution in [0.2, 0.25) is 0 Å². The van der Waals surface area contributed by atoms with Crippen LogP contribution in [0.5, 0.6) is 0 Å². The highest BCUT2D eigenvalue weighted by atomic mass is 19.3. The molecule has 1 saturated heterocycles. The van der Waals surface area contributed by atoms with Crippen LogP contribution in [-0.2, 0) is 12.8 Å². The molecule has 0 atom stereocenters. The molecule has 3 aliphatic rings. The van der Waals surface area contributed by atoms with E-state index in [4.69, 9.17) is 0 Å². The molecule has 2 aromatic rings. The van der Waals surface area contributed by atoms with Crippen molar-refractivity contribution in [2.45, 2.75) is 44.4 Å². The van der Waals surface area contributed by atoms with E-state index in [1.54, 1.807) is 0 Å². The molecule has 3 heteroatoms. The maximum Gasteiger partial charge on any atom is 0.267 e. The molecule has 1 heterocycles. The van der Waals surface area contributed by atoms with Gasteiger partial charge in [-0.25, -0.2) is 8.78 Å². The molecule has 1 nitrogen and oxygen atoms in total. The third-order valence-electron chi connectivity index (χ3n) is 5.50. The third kappa shape index (κ3) is 3.59. The van der Waals surface area contributed by atoms with Gasteiger partial charge in [0.1, 0.15) is 0 Å². The first-order valence-electron chi connectivity index (χ1n) is 9.66. The number of piperidine rings is 1. The number of halogens is 2. The summed E-state index contributed by atoms with van der Waals surface area (Å²) in [6.45, 7) is 2.50. The first kappa shape index (κ1) is 17.4. The second-order valence-electron chi connectivity index (χ2n) is 7.38. The Morgan fingerprint density at radius 2 is 1.62 bits per heavy atom. The molecule has 136 valence electrons. The van der Waals surface area contributed by atoms with Crippen LogP contribution in [0, 0.1) is 0 Å². The monoisotopic (exact) mass is 353 g/mol. The Kier molecular flexibility index (Phi) is 4.90. The number of alkyl halides is 2. The van der Waals surface area contributed by atoms with Crippen molar-refractivity contribution in [3.63, 3.8) is 0 Å². The van der Waals surface area contributed by atoms with Crippen LogP contribution in [-0.4, -0.2) is 19.0 Å². The summed E-state index contributed by atoms with van der Waals surface area (Å²) < 4.78 is 27.4. The van der Waals surface area contributed by atoms with Crippen LogP contribution in [0.3, 0.4) is 0 Å². The fourth-order valence-corrected chi connectivity index (χ4v) is 4.08. The standard InChI is InChI=1S/C18H14F2.C5H11N/c19-18(20)10-9-13-6-7-15-14-4-2-1-3-12(14)5-8-16(15)17(13)11-18;1-2-4-6-5-3-1/h1-4,6-8,11H,5,9-10H2;6H,1-5H2. The van der Waals surface area contributed by atoms with E-state index in [-0.39, 0.29) is 6.42 Å². The maximum atomic E-state index is 13.7. The van der Waals surface area contributed by atoms with Gasteiger partial charge < -0.3 is 5.32 Å². The molecular formula is C23H25F2N. The molecule has 2 aliphatic carbocycles. The van der Waals surface area contributed by atoms with Crippen LogP contribution in [0.1, 0.15) is 36.8 Å². The Bertz CT molecular complexity index is 899. The minimum absolute atomic E-state index is 0.0740. The van der Waals surface area contributed by atoms with Gasteiger partial charge in [-0.2, -0.15) is 0 Å². The average Bonchev–Trinajstić information content (AvgIpc) is 2.69. The fourth-order valence-electron chi connectivity index (χ4n) is 4.08. The van der Waals surface area contributed by atoms with Crippen LogP contribution >= 0.6 is 0 Å². The average molecular weight is 353 g/mol. The smallest absolute Gasteiger partial charge is 0.267 e. The van der Waals surface area contributed by atoms with E-state index in [9.17, 15) is 8.78 Å². The number of rotatable bonds is 0. The molecule has 0 saturated carbocycles. The van der Waals surface area contributed by atoms with Crippen LogP contribution in [0.25, 0.3) is 23.3 Å². The second kappa shape index (κ2) is 7.32. The molecule has 0 spiro atoms. The van der Waals surface area contributed by atoms with Gasteiger partial charge in [0.15, 0.2) is 0 Å². The van der Waals surface area contributed by atoms with E-state index >= 15 is 0 Å². The predicted molar refractivity (Wildman–Crippen MR) is 104 cm³/mol. The minimum atomic E-state index is -2.67. The Balaban J connectivity index is 0.000000240. The molecule has 5 rings (SSSR count). The lowest BCUT2D eigenvalue weighted by atomic mass is 9.86. The third-order valence-corrected chi connectivity index (χ3v) is 5.50. The lowest BCUT2D eigenvalue weighted by molar-refractivity contribution is 0.0610. The number of benzene rings is 2. The highest BCUT2D eigenvalue weighted by Gasteiger charge is 2.29. The predicted octanol–water partition coefficient (Wildman–Crippen LogP) is 3.81. The van der Waals surface area contributed by atoms with Crippen LogP contribution in [0.15, 0.2) is 36.4 Å². The summed E-state index contributed by atoms with van der Waals surface area (Å²) in [5.41, 5.74) is 4.57. The van der Waals surface area contributed by atoms with Crippen molar-refractivity contribution in [2.24, 2.45) is 0 Å². The van der Waals surface area contributed by atoms with Crippen molar-refractivity contribution >= 4 is 12.2 Å². The Morgan fingerprint density at radius 1 is 0.808 bits per heavy atom. The van der Waals surface area contributed by atoms with E-state index in [0.717, 1.165) is 34.1 Å². The molecule has 26 heavy (non-hydrogen) atoms. The zero-order valence-electron chi connectivity index (χ0n) is 15.0. The van der Waals surface area contributed by atoms with Gasteiger partial charge in [-0.1, -0.05) is 48.9 Å². The van der Waals surface area contributed by atoms with Crippen molar-refractivity contribution in [2.75, 3.05) is 13.1 Å². The molecule has 1 N–H and O–H groups in total. The van der Waals surface area contributed by atoms with E-state index in [1.165, 1.54) is 43.5 Å². The molecule has 0 amide bonds. The Hall–Kier alpha value is -2.00. The summed E-state index contributed by atoms with van der Waals surface area (Å²) in [7, 11) is 0. The fraction of sp³-hybridized carbons (Fsp3) is 0.391. The summed E-state index contributed by atoms with van der Waals surface area (Å²) in [6, 6.07) is 12.3. The lowest BCUT2D eigenvalue weighted by Gasteiger charge is -2.21. The van der Waals surface area contributed by atoms with Crippen LogP contribution < -0.4 is 15.8 Å². The molecule has 0 radical (unpaired) electrons. The quantitative estimate of drug-likeness (QED) is 0.759. The van der Waals surface area contributed by atoms with Gasteiger partial charge in [0.2, 0.25) is 0 Å². The van der Waals surface area contributed by atoms with Gasteiger partial charge in [0.05, 0.1) is 0 Å². The van der Waals surface area contributed by atoms with Crippen molar-refractivity contribution in [3.8, 4) is 11.1 Å². The van der Waals surface area contributed by atoms with Crippen molar-refractivity contribution in [1.29, 1.82) is 0 Å². The Labute approximate surface area is 153 Å². The van der Waals surface area contributed by atoms with Crippen molar-refractivity contribution in [3.05, 3.63) is 58.0 Å².